The second-order valence-corrected chi connectivity index (χ2v) is 5.80. The highest BCUT2D eigenvalue weighted by molar-refractivity contribution is 14.0. The van der Waals surface area contributed by atoms with Crippen LogP contribution in [0.1, 0.15) is 18.1 Å². The Hall–Kier alpha value is -1.67. The molecule has 0 atom stereocenters. The lowest BCUT2D eigenvalue weighted by Crippen LogP contribution is -2.36. The number of aliphatic imine (C=N–C) groups is 1. The second kappa shape index (κ2) is 9.72. The van der Waals surface area contributed by atoms with E-state index in [0.717, 1.165) is 40.2 Å². The smallest absolute Gasteiger partial charge is 0.231 e. The van der Waals surface area contributed by atoms with E-state index < -0.39 is 0 Å². The normalized spacial score (nSPS) is 12.5. The van der Waals surface area contributed by atoms with Crippen LogP contribution < -0.4 is 20.1 Å². The summed E-state index contributed by atoms with van der Waals surface area (Å²) < 4.78 is 10.7. The Morgan fingerprint density at radius 3 is 2.52 bits per heavy atom. The Morgan fingerprint density at radius 1 is 1.04 bits per heavy atom. The van der Waals surface area contributed by atoms with Crippen LogP contribution in [0.25, 0.3) is 0 Å². The zero-order valence-corrected chi connectivity index (χ0v) is 17.0. The fraction of sp³-hybridized carbons (Fsp3) is 0.278. The number of halogens is 2. The van der Waals surface area contributed by atoms with Crippen LogP contribution in [0.3, 0.4) is 0 Å². The molecular weight excluding hydrogens is 453 g/mol. The largest absolute Gasteiger partial charge is 0.454 e. The molecule has 25 heavy (non-hydrogen) atoms. The standard InChI is InChI=1S/C18H20ClN3O2.HI/c1-2-20-18(21-10-13-3-6-15(19)7-4-13)22-11-14-5-8-16-17(9-14)24-12-23-16;/h3-9H,2,10-12H2,1H3,(H2,20,21,22);1H. The zero-order valence-electron chi connectivity index (χ0n) is 13.9. The topological polar surface area (TPSA) is 54.9 Å². The number of nitrogens with zero attached hydrogens (tertiary/aromatic N) is 1. The van der Waals surface area contributed by atoms with Gasteiger partial charge in [-0.3, -0.25) is 0 Å². The lowest BCUT2D eigenvalue weighted by Gasteiger charge is -2.11. The van der Waals surface area contributed by atoms with E-state index in [1.807, 2.05) is 49.4 Å². The molecule has 1 aliphatic rings. The number of benzene rings is 2. The first-order chi connectivity index (χ1) is 11.7. The Bertz CT molecular complexity index is 723. The summed E-state index contributed by atoms with van der Waals surface area (Å²) in [5.74, 6) is 2.34. The number of guanidine groups is 1. The van der Waals surface area contributed by atoms with Crippen molar-refractivity contribution in [2.45, 2.75) is 20.0 Å². The summed E-state index contributed by atoms with van der Waals surface area (Å²) in [5.41, 5.74) is 2.22. The first kappa shape index (κ1) is 19.7. The van der Waals surface area contributed by atoms with Crippen molar-refractivity contribution in [3.63, 3.8) is 0 Å². The highest BCUT2D eigenvalue weighted by Crippen LogP contribution is 2.32. The van der Waals surface area contributed by atoms with Crippen LogP contribution in [0.5, 0.6) is 11.5 Å². The Labute approximate surface area is 169 Å². The minimum atomic E-state index is 0. The average molecular weight is 474 g/mol. The molecule has 0 aromatic heterocycles. The van der Waals surface area contributed by atoms with Crippen molar-refractivity contribution < 1.29 is 9.47 Å². The number of nitrogens with one attached hydrogen (secondary N) is 2. The summed E-state index contributed by atoms with van der Waals surface area (Å²) in [4.78, 5) is 4.61. The van der Waals surface area contributed by atoms with Gasteiger partial charge in [-0.15, -0.1) is 24.0 Å². The first-order valence-electron chi connectivity index (χ1n) is 7.90. The van der Waals surface area contributed by atoms with Crippen LogP contribution in [-0.2, 0) is 13.1 Å². The summed E-state index contributed by atoms with van der Waals surface area (Å²) in [5, 5.41) is 7.30. The first-order valence-corrected chi connectivity index (χ1v) is 8.27. The van der Waals surface area contributed by atoms with Gasteiger partial charge >= 0.3 is 0 Å². The number of rotatable bonds is 5. The van der Waals surface area contributed by atoms with Crippen LogP contribution in [0.4, 0.5) is 0 Å². The maximum Gasteiger partial charge on any atom is 0.231 e. The average Bonchev–Trinajstić information content (AvgIpc) is 3.06. The molecule has 0 saturated carbocycles. The van der Waals surface area contributed by atoms with Gasteiger partial charge in [0.1, 0.15) is 0 Å². The molecule has 7 heteroatoms. The number of hydrogen-bond acceptors (Lipinski definition) is 3. The number of fused-ring (bicyclic) bond motifs is 1. The molecule has 0 amide bonds. The molecule has 0 spiro atoms. The van der Waals surface area contributed by atoms with Gasteiger partial charge in [-0.05, 0) is 42.3 Å². The molecule has 2 aromatic rings. The third-order valence-electron chi connectivity index (χ3n) is 3.57. The predicted octanol–water partition coefficient (Wildman–Crippen LogP) is 3.94. The van der Waals surface area contributed by atoms with Crippen molar-refractivity contribution in [2.75, 3.05) is 13.3 Å². The third-order valence-corrected chi connectivity index (χ3v) is 3.83. The Kier molecular flexibility index (Phi) is 7.64. The number of hydrogen-bond donors (Lipinski definition) is 2. The van der Waals surface area contributed by atoms with Gasteiger partial charge in [-0.1, -0.05) is 29.8 Å². The van der Waals surface area contributed by atoms with Crippen molar-refractivity contribution in [2.24, 2.45) is 4.99 Å². The molecular formula is C18H21ClIN3O2. The van der Waals surface area contributed by atoms with E-state index >= 15 is 0 Å². The summed E-state index contributed by atoms with van der Waals surface area (Å²) in [6, 6.07) is 13.6. The predicted molar refractivity (Wildman–Crippen MR) is 111 cm³/mol. The minimum absolute atomic E-state index is 0. The summed E-state index contributed by atoms with van der Waals surface area (Å²) >= 11 is 5.91. The van der Waals surface area contributed by atoms with Crippen molar-refractivity contribution in [3.8, 4) is 11.5 Å². The van der Waals surface area contributed by atoms with Gasteiger partial charge in [-0.25, -0.2) is 4.99 Å². The molecule has 134 valence electrons. The van der Waals surface area contributed by atoms with Crippen molar-refractivity contribution in [3.05, 3.63) is 58.6 Å². The molecule has 1 aliphatic heterocycles. The molecule has 0 unspecified atom stereocenters. The van der Waals surface area contributed by atoms with Gasteiger partial charge < -0.3 is 20.1 Å². The molecule has 3 rings (SSSR count). The second-order valence-electron chi connectivity index (χ2n) is 5.36. The summed E-state index contributed by atoms with van der Waals surface area (Å²) in [7, 11) is 0. The van der Waals surface area contributed by atoms with Gasteiger partial charge in [0.2, 0.25) is 6.79 Å². The molecule has 0 aliphatic carbocycles. The lowest BCUT2D eigenvalue weighted by atomic mass is 10.2. The lowest BCUT2D eigenvalue weighted by molar-refractivity contribution is 0.174. The molecule has 0 saturated heterocycles. The SMILES string of the molecule is CCNC(=NCc1ccc2c(c1)OCO2)NCc1ccc(Cl)cc1.I. The molecule has 5 nitrogen and oxygen atoms in total. The van der Waals surface area contributed by atoms with Gasteiger partial charge in [0, 0.05) is 18.1 Å². The van der Waals surface area contributed by atoms with E-state index in [2.05, 4.69) is 15.6 Å². The van der Waals surface area contributed by atoms with Gasteiger partial charge in [0.25, 0.3) is 0 Å². The molecule has 2 aromatic carbocycles. The van der Waals surface area contributed by atoms with E-state index in [9.17, 15) is 0 Å². The zero-order chi connectivity index (χ0) is 16.8. The maximum atomic E-state index is 5.91. The quantitative estimate of drug-likeness (QED) is 0.392. The Balaban J connectivity index is 0.00000225. The van der Waals surface area contributed by atoms with E-state index in [1.165, 1.54) is 0 Å². The van der Waals surface area contributed by atoms with Crippen molar-refractivity contribution >= 4 is 41.5 Å². The van der Waals surface area contributed by atoms with Crippen LogP contribution in [0.2, 0.25) is 5.02 Å². The third kappa shape index (κ3) is 5.67. The van der Waals surface area contributed by atoms with Crippen LogP contribution >= 0.6 is 35.6 Å². The molecule has 2 N–H and O–H groups in total. The van der Waals surface area contributed by atoms with Gasteiger partial charge in [0.15, 0.2) is 17.5 Å². The van der Waals surface area contributed by atoms with Gasteiger partial charge in [0.05, 0.1) is 6.54 Å². The highest BCUT2D eigenvalue weighted by Gasteiger charge is 2.12. The molecule has 1 heterocycles. The molecule has 0 bridgehead atoms. The highest BCUT2D eigenvalue weighted by atomic mass is 127. The van der Waals surface area contributed by atoms with E-state index in [0.29, 0.717) is 13.1 Å². The summed E-state index contributed by atoms with van der Waals surface area (Å²) in [6.45, 7) is 4.37. The van der Waals surface area contributed by atoms with Crippen LogP contribution in [0, 0.1) is 0 Å². The Morgan fingerprint density at radius 2 is 1.76 bits per heavy atom. The van der Waals surface area contributed by atoms with Gasteiger partial charge in [-0.2, -0.15) is 0 Å². The molecule has 0 radical (unpaired) electrons. The maximum absolute atomic E-state index is 5.91. The fourth-order valence-electron chi connectivity index (χ4n) is 2.34. The van der Waals surface area contributed by atoms with Crippen molar-refractivity contribution in [1.29, 1.82) is 0 Å². The monoisotopic (exact) mass is 473 g/mol. The fourth-order valence-corrected chi connectivity index (χ4v) is 2.47. The van der Waals surface area contributed by atoms with E-state index in [-0.39, 0.29) is 30.8 Å². The van der Waals surface area contributed by atoms with Crippen molar-refractivity contribution in [1.82, 2.24) is 10.6 Å². The molecule has 0 fully saturated rings. The minimum Gasteiger partial charge on any atom is -0.454 e. The van der Waals surface area contributed by atoms with E-state index in [1.54, 1.807) is 0 Å². The van der Waals surface area contributed by atoms with Crippen LogP contribution in [-0.4, -0.2) is 19.3 Å². The van der Waals surface area contributed by atoms with Crippen LogP contribution in [0.15, 0.2) is 47.5 Å². The summed E-state index contributed by atoms with van der Waals surface area (Å²) in [6.07, 6.45) is 0. The number of ether oxygens (including phenoxy) is 2. The van der Waals surface area contributed by atoms with E-state index in [4.69, 9.17) is 21.1 Å².